The van der Waals surface area contributed by atoms with Gasteiger partial charge in [-0.2, -0.15) is 0 Å². The summed E-state index contributed by atoms with van der Waals surface area (Å²) in [6.07, 6.45) is 1.82. The summed E-state index contributed by atoms with van der Waals surface area (Å²) in [5, 5.41) is 0. The van der Waals surface area contributed by atoms with E-state index >= 15 is 0 Å². The molecule has 0 aliphatic carbocycles. The maximum Gasteiger partial charge on any atom is 0.344 e. The summed E-state index contributed by atoms with van der Waals surface area (Å²) in [7, 11) is 1.95. The standard InChI is InChI=1S/C27H29F2NO3S2/c1-27(2,3)33-26(31)17-32-24-13-6-18(16-30(4)35-21-10-8-20(28)9-11-21)14-22(24)19-7-12-23(29)25(15-19)34-5/h6-15H,16-17H2,1-5H3. The lowest BCUT2D eigenvalue weighted by molar-refractivity contribution is -0.157. The molecule has 0 aliphatic rings. The fourth-order valence-electron chi connectivity index (χ4n) is 3.33. The second-order valence-electron chi connectivity index (χ2n) is 8.89. The Morgan fingerprint density at radius 2 is 1.71 bits per heavy atom. The summed E-state index contributed by atoms with van der Waals surface area (Å²) in [6, 6.07) is 17.0. The van der Waals surface area contributed by atoms with Crippen LogP contribution in [-0.2, 0) is 16.1 Å². The highest BCUT2D eigenvalue weighted by Crippen LogP contribution is 2.35. The number of hydrogen-bond donors (Lipinski definition) is 0. The van der Waals surface area contributed by atoms with E-state index in [0.29, 0.717) is 17.2 Å². The van der Waals surface area contributed by atoms with Crippen molar-refractivity contribution in [3.63, 3.8) is 0 Å². The van der Waals surface area contributed by atoms with E-state index in [-0.39, 0.29) is 18.2 Å². The first kappa shape index (κ1) is 27.0. The van der Waals surface area contributed by atoms with Crippen LogP contribution in [0.25, 0.3) is 11.1 Å². The van der Waals surface area contributed by atoms with Gasteiger partial charge < -0.3 is 9.47 Å². The van der Waals surface area contributed by atoms with Gasteiger partial charge in [-0.05, 0) is 106 Å². The highest BCUT2D eigenvalue weighted by Gasteiger charge is 2.18. The molecule has 0 unspecified atom stereocenters. The van der Waals surface area contributed by atoms with Crippen molar-refractivity contribution >= 4 is 29.7 Å². The van der Waals surface area contributed by atoms with Crippen LogP contribution in [0.1, 0.15) is 26.3 Å². The SMILES string of the molecule is CSc1cc(-c2cc(CN(C)Sc3ccc(F)cc3)ccc2OCC(=O)OC(C)(C)C)ccc1F. The summed E-state index contributed by atoms with van der Waals surface area (Å²) in [5.74, 6) is -0.518. The van der Waals surface area contributed by atoms with Crippen molar-refractivity contribution in [1.82, 2.24) is 4.31 Å². The highest BCUT2D eigenvalue weighted by molar-refractivity contribution is 7.98. The van der Waals surface area contributed by atoms with Gasteiger partial charge in [-0.25, -0.2) is 17.9 Å². The van der Waals surface area contributed by atoms with Gasteiger partial charge in [-0.1, -0.05) is 12.1 Å². The molecule has 0 aromatic heterocycles. The molecule has 0 bridgehead atoms. The molecule has 0 saturated carbocycles. The van der Waals surface area contributed by atoms with Gasteiger partial charge in [0.05, 0.1) is 0 Å². The zero-order valence-electron chi connectivity index (χ0n) is 20.4. The number of benzene rings is 3. The maximum atomic E-state index is 14.1. The molecule has 35 heavy (non-hydrogen) atoms. The van der Waals surface area contributed by atoms with Crippen molar-refractivity contribution in [2.75, 3.05) is 19.9 Å². The molecule has 0 saturated heterocycles. The number of nitrogens with zero attached hydrogens (tertiary/aromatic N) is 1. The van der Waals surface area contributed by atoms with E-state index in [9.17, 15) is 13.6 Å². The Bertz CT molecular complexity index is 1160. The number of rotatable bonds is 9. The maximum absolute atomic E-state index is 14.1. The van der Waals surface area contributed by atoms with Crippen LogP contribution in [0.4, 0.5) is 8.78 Å². The van der Waals surface area contributed by atoms with E-state index in [0.717, 1.165) is 21.6 Å². The minimum absolute atomic E-state index is 0.236. The van der Waals surface area contributed by atoms with E-state index in [1.165, 1.54) is 41.9 Å². The van der Waals surface area contributed by atoms with Crippen LogP contribution < -0.4 is 4.74 Å². The molecule has 0 fully saturated rings. The molecular weight excluding hydrogens is 488 g/mol. The Hall–Kier alpha value is -2.55. The van der Waals surface area contributed by atoms with Gasteiger partial charge in [0.1, 0.15) is 23.0 Å². The smallest absolute Gasteiger partial charge is 0.344 e. The predicted molar refractivity (Wildman–Crippen MR) is 139 cm³/mol. The average Bonchev–Trinajstić information content (AvgIpc) is 2.79. The molecule has 4 nitrogen and oxygen atoms in total. The topological polar surface area (TPSA) is 38.8 Å². The van der Waals surface area contributed by atoms with Crippen molar-refractivity contribution in [2.45, 2.75) is 42.7 Å². The number of carbonyl (C=O) groups is 1. The third kappa shape index (κ3) is 8.26. The first-order valence-electron chi connectivity index (χ1n) is 11.0. The molecule has 3 aromatic carbocycles. The molecule has 3 aromatic rings. The fourth-order valence-corrected chi connectivity index (χ4v) is 4.67. The molecule has 0 spiro atoms. The lowest BCUT2D eigenvalue weighted by Crippen LogP contribution is -2.27. The second-order valence-corrected chi connectivity index (χ2v) is 11.0. The average molecular weight is 518 g/mol. The Morgan fingerprint density at radius 1 is 1.00 bits per heavy atom. The molecule has 3 rings (SSSR count). The third-order valence-corrected chi connectivity index (χ3v) is 6.43. The minimum Gasteiger partial charge on any atom is -0.481 e. The summed E-state index contributed by atoms with van der Waals surface area (Å²) < 4.78 is 40.6. The third-order valence-electron chi connectivity index (χ3n) is 4.75. The van der Waals surface area contributed by atoms with Gasteiger partial charge in [0.15, 0.2) is 6.61 Å². The number of esters is 1. The first-order valence-corrected chi connectivity index (χ1v) is 13.0. The number of halogens is 2. The Labute approximate surface area is 214 Å². The van der Waals surface area contributed by atoms with Crippen LogP contribution in [0, 0.1) is 11.6 Å². The summed E-state index contributed by atoms with van der Waals surface area (Å²) in [5.41, 5.74) is 1.92. The van der Waals surface area contributed by atoms with Crippen LogP contribution in [0.2, 0.25) is 0 Å². The van der Waals surface area contributed by atoms with Gasteiger partial charge >= 0.3 is 5.97 Å². The first-order chi connectivity index (χ1) is 16.5. The van der Waals surface area contributed by atoms with Crippen molar-refractivity contribution in [3.05, 3.63) is 77.9 Å². The van der Waals surface area contributed by atoms with Crippen LogP contribution in [0.5, 0.6) is 5.75 Å². The minimum atomic E-state index is -0.607. The van der Waals surface area contributed by atoms with E-state index in [2.05, 4.69) is 0 Å². The van der Waals surface area contributed by atoms with Gasteiger partial charge in [0, 0.05) is 21.9 Å². The molecular formula is C27H29F2NO3S2. The monoisotopic (exact) mass is 517 g/mol. The number of ether oxygens (including phenoxy) is 2. The van der Waals surface area contributed by atoms with Gasteiger partial charge in [0.2, 0.25) is 0 Å². The van der Waals surface area contributed by atoms with E-state index in [1.807, 2.05) is 35.8 Å². The largest absolute Gasteiger partial charge is 0.481 e. The summed E-state index contributed by atoms with van der Waals surface area (Å²) in [4.78, 5) is 13.6. The van der Waals surface area contributed by atoms with Crippen LogP contribution in [0.3, 0.4) is 0 Å². The second kappa shape index (κ2) is 11.9. The summed E-state index contributed by atoms with van der Waals surface area (Å²) in [6.45, 7) is 5.76. The zero-order chi connectivity index (χ0) is 25.6. The lowest BCUT2D eigenvalue weighted by atomic mass is 10.0. The van der Waals surface area contributed by atoms with E-state index in [4.69, 9.17) is 9.47 Å². The Balaban J connectivity index is 1.85. The highest BCUT2D eigenvalue weighted by atomic mass is 32.2. The van der Waals surface area contributed by atoms with Crippen molar-refractivity contribution in [2.24, 2.45) is 0 Å². The molecule has 0 heterocycles. The fraction of sp³-hybridized carbons (Fsp3) is 0.296. The Morgan fingerprint density at radius 3 is 2.37 bits per heavy atom. The van der Waals surface area contributed by atoms with E-state index < -0.39 is 11.6 Å². The van der Waals surface area contributed by atoms with Gasteiger partial charge in [-0.15, -0.1) is 11.8 Å². The van der Waals surface area contributed by atoms with Gasteiger partial charge in [-0.3, -0.25) is 0 Å². The van der Waals surface area contributed by atoms with Gasteiger partial charge in [0.25, 0.3) is 0 Å². The zero-order valence-corrected chi connectivity index (χ0v) is 22.1. The van der Waals surface area contributed by atoms with Crippen LogP contribution in [-0.4, -0.2) is 35.8 Å². The van der Waals surface area contributed by atoms with E-state index in [1.54, 1.807) is 45.0 Å². The van der Waals surface area contributed by atoms with Crippen molar-refractivity contribution in [3.8, 4) is 16.9 Å². The molecule has 0 N–H and O–H groups in total. The molecule has 186 valence electrons. The predicted octanol–water partition coefficient (Wildman–Crippen LogP) is 7.21. The molecule has 8 heteroatoms. The number of hydrogen-bond acceptors (Lipinski definition) is 6. The molecule has 0 amide bonds. The van der Waals surface area contributed by atoms with Crippen molar-refractivity contribution < 1.29 is 23.0 Å². The van der Waals surface area contributed by atoms with Crippen LogP contribution >= 0.6 is 23.7 Å². The van der Waals surface area contributed by atoms with Crippen molar-refractivity contribution in [1.29, 1.82) is 0 Å². The molecule has 0 radical (unpaired) electrons. The number of thioether (sulfide) groups is 1. The molecule has 0 aliphatic heterocycles. The normalized spacial score (nSPS) is 11.5. The number of carbonyl (C=O) groups excluding carboxylic acids is 1. The Kier molecular flexibility index (Phi) is 9.21. The van der Waals surface area contributed by atoms with Crippen LogP contribution in [0.15, 0.2) is 70.5 Å². The molecule has 0 atom stereocenters. The quantitative estimate of drug-likeness (QED) is 0.170. The lowest BCUT2D eigenvalue weighted by Gasteiger charge is -2.20. The summed E-state index contributed by atoms with van der Waals surface area (Å²) >= 11 is 2.83.